The van der Waals surface area contributed by atoms with Crippen molar-refractivity contribution in [1.29, 1.82) is 0 Å². The SMILES string of the molecule is CCCC(I)c1cc(NC(=O)Nc2ccc(Oc3cc(NC(N)=O)ncn3)c3ccccc23)n(-c2ccc(C)cc2)n1. The predicted molar refractivity (Wildman–Crippen MR) is 172 cm³/mol. The standard InChI is InChI=1S/C30H29IN8O3/c1-3-6-22(31)24-15-27(39(38-24)19-11-9-18(2)10-12-19)37-30(41)35-23-13-14-25(21-8-5-4-7-20(21)23)42-28-16-26(33-17-34-28)36-29(32)40/h4-5,7-17,22H,3,6H2,1-2H3,(H2,35,37,41)(H3,32,33,34,36,40). The largest absolute Gasteiger partial charge is 0.438 e. The van der Waals surface area contributed by atoms with Crippen molar-refractivity contribution in [2.45, 2.75) is 30.6 Å². The van der Waals surface area contributed by atoms with Crippen LogP contribution in [0.25, 0.3) is 16.5 Å². The summed E-state index contributed by atoms with van der Waals surface area (Å²) in [6.07, 6.45) is 3.28. The molecule has 5 N–H and O–H groups in total. The molecule has 0 aliphatic heterocycles. The Morgan fingerprint density at radius 3 is 2.48 bits per heavy atom. The highest BCUT2D eigenvalue weighted by Gasteiger charge is 2.18. The van der Waals surface area contributed by atoms with E-state index in [9.17, 15) is 9.59 Å². The molecule has 0 saturated carbocycles. The van der Waals surface area contributed by atoms with E-state index in [1.165, 1.54) is 12.4 Å². The van der Waals surface area contributed by atoms with Gasteiger partial charge in [0.05, 0.1) is 21.0 Å². The number of nitrogens with zero attached hydrogens (tertiary/aromatic N) is 4. The summed E-state index contributed by atoms with van der Waals surface area (Å²) in [6.45, 7) is 4.17. The molecule has 0 aliphatic rings. The van der Waals surface area contributed by atoms with Crippen LogP contribution in [-0.4, -0.2) is 31.8 Å². The van der Waals surface area contributed by atoms with Gasteiger partial charge in [-0.25, -0.2) is 24.2 Å². The minimum Gasteiger partial charge on any atom is -0.438 e. The molecule has 2 aromatic heterocycles. The number of nitrogens with one attached hydrogen (secondary N) is 3. The van der Waals surface area contributed by atoms with E-state index < -0.39 is 12.1 Å². The summed E-state index contributed by atoms with van der Waals surface area (Å²) in [5.41, 5.74) is 8.67. The number of primary amides is 1. The number of urea groups is 2. The molecule has 5 aromatic rings. The number of alkyl halides is 1. The molecular formula is C30H29IN8O3. The van der Waals surface area contributed by atoms with Gasteiger partial charge in [0.2, 0.25) is 5.88 Å². The van der Waals surface area contributed by atoms with Gasteiger partial charge in [0.25, 0.3) is 0 Å². The third kappa shape index (κ3) is 6.77. The van der Waals surface area contributed by atoms with Gasteiger partial charge < -0.3 is 15.8 Å². The lowest BCUT2D eigenvalue weighted by Gasteiger charge is -2.14. The number of anilines is 3. The fourth-order valence-corrected chi connectivity index (χ4v) is 5.29. The van der Waals surface area contributed by atoms with E-state index in [1.807, 2.05) is 61.5 Å². The molecule has 5 rings (SSSR count). The lowest BCUT2D eigenvalue weighted by Crippen LogP contribution is -2.21. The predicted octanol–water partition coefficient (Wildman–Crippen LogP) is 7.33. The minimum atomic E-state index is -0.744. The van der Waals surface area contributed by atoms with Crippen LogP contribution in [0.2, 0.25) is 0 Å². The van der Waals surface area contributed by atoms with Crippen molar-refractivity contribution >= 4 is 62.7 Å². The number of hydrogen-bond acceptors (Lipinski definition) is 6. The maximum Gasteiger partial charge on any atom is 0.324 e. The van der Waals surface area contributed by atoms with Crippen molar-refractivity contribution in [2.75, 3.05) is 16.0 Å². The number of carbonyl (C=O) groups is 2. The summed E-state index contributed by atoms with van der Waals surface area (Å²) in [6, 6.07) is 21.2. The normalized spacial score (nSPS) is 11.6. The monoisotopic (exact) mass is 676 g/mol. The Morgan fingerprint density at radius 1 is 0.976 bits per heavy atom. The molecule has 0 bridgehead atoms. The molecule has 42 heavy (non-hydrogen) atoms. The van der Waals surface area contributed by atoms with Gasteiger partial charge in [-0.2, -0.15) is 5.10 Å². The van der Waals surface area contributed by atoms with Crippen molar-refractivity contribution in [3.8, 4) is 17.3 Å². The first-order valence-electron chi connectivity index (χ1n) is 13.3. The number of nitrogens with two attached hydrogens (primary N) is 1. The van der Waals surface area contributed by atoms with E-state index in [0.717, 1.165) is 40.6 Å². The van der Waals surface area contributed by atoms with Gasteiger partial charge in [-0.3, -0.25) is 10.6 Å². The molecule has 4 amide bonds. The van der Waals surface area contributed by atoms with Gasteiger partial charge in [0.1, 0.15) is 23.7 Å². The van der Waals surface area contributed by atoms with Gasteiger partial charge in [-0.15, -0.1) is 0 Å². The van der Waals surface area contributed by atoms with Gasteiger partial charge in [0.15, 0.2) is 0 Å². The molecule has 11 nitrogen and oxygen atoms in total. The number of ether oxygens (including phenoxy) is 1. The molecule has 0 fully saturated rings. The molecule has 0 spiro atoms. The zero-order valence-electron chi connectivity index (χ0n) is 23.0. The first-order chi connectivity index (χ1) is 20.3. The topological polar surface area (TPSA) is 149 Å². The molecule has 0 saturated heterocycles. The molecular weight excluding hydrogens is 647 g/mol. The number of fused-ring (bicyclic) bond motifs is 1. The van der Waals surface area contributed by atoms with Crippen LogP contribution in [0.15, 0.2) is 79.1 Å². The molecule has 1 unspecified atom stereocenters. The van der Waals surface area contributed by atoms with Crippen LogP contribution in [0, 0.1) is 6.92 Å². The van der Waals surface area contributed by atoms with Crippen molar-refractivity contribution in [1.82, 2.24) is 19.7 Å². The summed E-state index contributed by atoms with van der Waals surface area (Å²) >= 11 is 2.39. The Kier molecular flexibility index (Phi) is 8.81. The number of benzene rings is 3. The van der Waals surface area contributed by atoms with Gasteiger partial charge >= 0.3 is 12.1 Å². The first kappa shape index (κ1) is 28.8. The number of aryl methyl sites for hydroxylation is 1. The Bertz CT molecular complexity index is 1740. The average Bonchev–Trinajstić information content (AvgIpc) is 3.38. The quantitative estimate of drug-likeness (QED) is 0.0949. The highest BCUT2D eigenvalue weighted by molar-refractivity contribution is 14.1. The van der Waals surface area contributed by atoms with Crippen LogP contribution in [0.1, 0.15) is 34.9 Å². The number of hydrogen-bond donors (Lipinski definition) is 4. The van der Waals surface area contributed by atoms with E-state index in [2.05, 4.69) is 55.4 Å². The number of carbonyl (C=O) groups excluding carboxylic acids is 2. The van der Waals surface area contributed by atoms with E-state index >= 15 is 0 Å². The molecule has 0 radical (unpaired) electrons. The molecule has 1 atom stereocenters. The second-order valence-corrected chi connectivity index (χ2v) is 11.0. The average molecular weight is 677 g/mol. The summed E-state index contributed by atoms with van der Waals surface area (Å²) in [4.78, 5) is 32.6. The van der Waals surface area contributed by atoms with Crippen molar-refractivity contribution in [3.63, 3.8) is 0 Å². The summed E-state index contributed by atoms with van der Waals surface area (Å²) < 4.78 is 7.98. The van der Waals surface area contributed by atoms with Gasteiger partial charge in [-0.1, -0.05) is 77.9 Å². The molecule has 2 heterocycles. The number of aromatic nitrogens is 4. The van der Waals surface area contributed by atoms with Gasteiger partial charge in [0, 0.05) is 22.9 Å². The third-order valence-electron chi connectivity index (χ3n) is 6.35. The van der Waals surface area contributed by atoms with E-state index in [4.69, 9.17) is 15.6 Å². The number of amides is 4. The maximum absolute atomic E-state index is 13.3. The van der Waals surface area contributed by atoms with E-state index in [0.29, 0.717) is 17.3 Å². The zero-order valence-corrected chi connectivity index (χ0v) is 25.1. The van der Waals surface area contributed by atoms with Gasteiger partial charge in [-0.05, 0) is 37.6 Å². The van der Waals surface area contributed by atoms with Crippen LogP contribution in [-0.2, 0) is 0 Å². The maximum atomic E-state index is 13.3. The summed E-state index contributed by atoms with van der Waals surface area (Å²) in [5.74, 6) is 1.50. The fraction of sp³-hybridized carbons (Fsp3) is 0.167. The highest BCUT2D eigenvalue weighted by Crippen LogP contribution is 2.35. The zero-order chi connectivity index (χ0) is 29.6. The second kappa shape index (κ2) is 12.9. The van der Waals surface area contributed by atoms with Crippen LogP contribution < -0.4 is 26.4 Å². The van der Waals surface area contributed by atoms with Crippen LogP contribution in [0.4, 0.5) is 26.9 Å². The third-order valence-corrected chi connectivity index (χ3v) is 7.61. The van der Waals surface area contributed by atoms with E-state index in [1.54, 1.807) is 16.8 Å². The molecule has 214 valence electrons. The fourth-order valence-electron chi connectivity index (χ4n) is 4.37. The minimum absolute atomic E-state index is 0.211. The Labute approximate surface area is 256 Å². The van der Waals surface area contributed by atoms with Crippen LogP contribution in [0.3, 0.4) is 0 Å². The Balaban J connectivity index is 1.40. The first-order valence-corrected chi connectivity index (χ1v) is 14.5. The highest BCUT2D eigenvalue weighted by atomic mass is 127. The molecule has 3 aromatic carbocycles. The molecule has 0 aliphatic carbocycles. The smallest absolute Gasteiger partial charge is 0.324 e. The summed E-state index contributed by atoms with van der Waals surface area (Å²) in [5, 5.41) is 14.7. The Morgan fingerprint density at radius 2 is 1.74 bits per heavy atom. The van der Waals surface area contributed by atoms with Crippen molar-refractivity contribution in [3.05, 3.63) is 90.4 Å². The summed E-state index contributed by atoms with van der Waals surface area (Å²) in [7, 11) is 0. The molecule has 12 heteroatoms. The Hall–Kier alpha value is -4.72. The van der Waals surface area contributed by atoms with Crippen LogP contribution in [0.5, 0.6) is 11.6 Å². The van der Waals surface area contributed by atoms with Crippen molar-refractivity contribution < 1.29 is 14.3 Å². The van der Waals surface area contributed by atoms with E-state index in [-0.39, 0.29) is 15.6 Å². The number of halogens is 1. The lowest BCUT2D eigenvalue weighted by atomic mass is 10.1. The van der Waals surface area contributed by atoms with Crippen molar-refractivity contribution in [2.24, 2.45) is 5.73 Å². The second-order valence-electron chi connectivity index (χ2n) is 9.53. The van der Waals surface area contributed by atoms with Crippen LogP contribution >= 0.6 is 22.6 Å². The lowest BCUT2D eigenvalue weighted by molar-refractivity contribution is 0.259. The number of rotatable bonds is 9.